The van der Waals surface area contributed by atoms with Gasteiger partial charge in [-0.2, -0.15) is 0 Å². The number of nitrogens with zero attached hydrogens (tertiary/aromatic N) is 4. The maximum atomic E-state index is 5.62. The van der Waals surface area contributed by atoms with Crippen LogP contribution in [0.25, 0.3) is 49.6 Å². The molecule has 0 aliphatic carbocycles. The zero-order valence-corrected chi connectivity index (χ0v) is 22.4. The van der Waals surface area contributed by atoms with Gasteiger partial charge in [0, 0.05) is 11.1 Å². The summed E-state index contributed by atoms with van der Waals surface area (Å²) in [6, 6.07) is 36.3. The summed E-state index contributed by atoms with van der Waals surface area (Å²) in [5, 5.41) is 5.72. The molecule has 0 saturated heterocycles. The molecule has 39 heavy (non-hydrogen) atoms. The molecule has 6 aromatic rings. The van der Waals surface area contributed by atoms with Crippen LogP contribution in [0.15, 0.2) is 109 Å². The van der Waals surface area contributed by atoms with Gasteiger partial charge in [-0.3, -0.25) is 0 Å². The fourth-order valence-electron chi connectivity index (χ4n) is 4.34. The molecule has 2 aromatic heterocycles. The second kappa shape index (κ2) is 10.9. The average Bonchev–Trinajstić information content (AvgIpc) is 3.64. The lowest BCUT2D eigenvalue weighted by atomic mass is 10.1. The smallest absolute Gasteiger partial charge is 0.192 e. The number of rotatable bonds is 8. The monoisotopic (exact) mass is 530 g/mol. The van der Waals surface area contributed by atoms with Crippen LogP contribution in [0.4, 0.5) is 0 Å². The van der Waals surface area contributed by atoms with Gasteiger partial charge >= 0.3 is 0 Å². The summed E-state index contributed by atoms with van der Waals surface area (Å²) in [5.74, 6) is 2.88. The quantitative estimate of drug-likeness (QED) is 0.201. The van der Waals surface area contributed by atoms with Gasteiger partial charge in [-0.25, -0.2) is 14.6 Å². The number of ether oxygens (including phenoxy) is 2. The van der Waals surface area contributed by atoms with Crippen molar-refractivity contribution in [3.63, 3.8) is 0 Å². The van der Waals surface area contributed by atoms with Crippen LogP contribution >= 0.6 is 11.3 Å². The van der Waals surface area contributed by atoms with Gasteiger partial charge in [-0.1, -0.05) is 60.7 Å². The molecule has 6 nitrogen and oxygen atoms in total. The van der Waals surface area contributed by atoms with Gasteiger partial charge in [0.15, 0.2) is 16.7 Å². The maximum Gasteiger partial charge on any atom is 0.192 e. The third kappa shape index (κ3) is 5.04. The topological polar surface area (TPSA) is 62.1 Å². The summed E-state index contributed by atoms with van der Waals surface area (Å²) in [6.07, 6.45) is 0. The minimum Gasteiger partial charge on any atom is -0.497 e. The van der Waals surface area contributed by atoms with E-state index in [1.807, 2.05) is 96.5 Å². The van der Waals surface area contributed by atoms with Crippen LogP contribution < -0.4 is 9.47 Å². The van der Waals surface area contributed by atoms with Gasteiger partial charge in [-0.05, 0) is 61.0 Å². The minimum atomic E-state index is 0.613. The van der Waals surface area contributed by atoms with E-state index >= 15 is 0 Å². The number of benzene rings is 4. The van der Waals surface area contributed by atoms with Crippen molar-refractivity contribution in [2.45, 2.75) is 6.92 Å². The maximum absolute atomic E-state index is 5.62. The Kier molecular flexibility index (Phi) is 6.89. The Morgan fingerprint density at radius 3 is 1.97 bits per heavy atom. The van der Waals surface area contributed by atoms with Crippen LogP contribution in [0, 0.1) is 0 Å². The summed E-state index contributed by atoms with van der Waals surface area (Å²) >= 11 is 1.62. The van der Waals surface area contributed by atoms with Crippen LogP contribution in [-0.4, -0.2) is 33.5 Å². The molecule has 0 amide bonds. The van der Waals surface area contributed by atoms with Gasteiger partial charge in [0.05, 0.1) is 30.0 Å². The van der Waals surface area contributed by atoms with E-state index in [0.29, 0.717) is 18.3 Å². The molecular weight excluding hydrogens is 504 g/mol. The van der Waals surface area contributed by atoms with Crippen LogP contribution in [0.3, 0.4) is 0 Å². The summed E-state index contributed by atoms with van der Waals surface area (Å²) in [4.78, 5) is 11.2. The van der Waals surface area contributed by atoms with Crippen molar-refractivity contribution < 1.29 is 9.47 Å². The molecule has 4 aromatic carbocycles. The van der Waals surface area contributed by atoms with Crippen molar-refractivity contribution in [3.05, 3.63) is 109 Å². The lowest BCUT2D eigenvalue weighted by Crippen LogP contribution is -1.99. The molecule has 0 fully saturated rings. The zero-order valence-electron chi connectivity index (χ0n) is 21.6. The van der Waals surface area contributed by atoms with Crippen LogP contribution in [-0.2, 0) is 0 Å². The summed E-state index contributed by atoms with van der Waals surface area (Å²) < 4.78 is 12.8. The van der Waals surface area contributed by atoms with Crippen molar-refractivity contribution in [1.29, 1.82) is 0 Å². The fourth-order valence-corrected chi connectivity index (χ4v) is 5.40. The molecule has 6 rings (SSSR count). The normalized spacial score (nSPS) is 10.9. The molecule has 7 heteroatoms. The highest BCUT2D eigenvalue weighted by Crippen LogP contribution is 2.41. The van der Waals surface area contributed by atoms with Crippen LogP contribution in [0.2, 0.25) is 0 Å². The van der Waals surface area contributed by atoms with Crippen molar-refractivity contribution in [2.24, 2.45) is 0 Å². The zero-order chi connectivity index (χ0) is 26.6. The Bertz CT molecular complexity index is 1620. The Morgan fingerprint density at radius 1 is 0.692 bits per heavy atom. The molecule has 2 heterocycles. The number of thiazole rings is 1. The van der Waals surface area contributed by atoms with E-state index in [4.69, 9.17) is 24.5 Å². The Hall–Kier alpha value is -4.75. The molecule has 192 valence electrons. The third-order valence-electron chi connectivity index (χ3n) is 6.25. The highest BCUT2D eigenvalue weighted by molar-refractivity contribution is 7.18. The van der Waals surface area contributed by atoms with Crippen molar-refractivity contribution in [2.75, 3.05) is 13.7 Å². The molecule has 0 unspecified atom stereocenters. The first-order chi connectivity index (χ1) is 19.2. The van der Waals surface area contributed by atoms with Gasteiger partial charge in [-0.15, -0.1) is 16.4 Å². The largest absolute Gasteiger partial charge is 0.497 e. The molecule has 0 aliphatic heterocycles. The van der Waals surface area contributed by atoms with E-state index in [-0.39, 0.29) is 0 Å². The predicted molar refractivity (Wildman–Crippen MR) is 156 cm³/mol. The van der Waals surface area contributed by atoms with Crippen LogP contribution in [0.5, 0.6) is 11.5 Å². The van der Waals surface area contributed by atoms with Crippen LogP contribution in [0.1, 0.15) is 6.92 Å². The van der Waals surface area contributed by atoms with Crippen molar-refractivity contribution in [1.82, 2.24) is 19.7 Å². The summed E-state index contributed by atoms with van der Waals surface area (Å²) in [6.45, 7) is 2.59. The Morgan fingerprint density at radius 2 is 1.33 bits per heavy atom. The minimum absolute atomic E-state index is 0.613. The molecule has 0 bridgehead atoms. The fraction of sp³-hybridized carbons (Fsp3) is 0.0938. The molecule has 0 radical (unpaired) electrons. The standard InChI is InChI=1S/C32H26N4O2S/c1-3-38-27-18-14-24(15-19-27)30-34-31(36(35-30)25-16-20-26(37-2)21-17-25)32-33-28(22-10-6-4-7-11-22)29(39-32)23-12-8-5-9-13-23/h4-21H,3H2,1-2H3. The average molecular weight is 531 g/mol. The van der Waals surface area contributed by atoms with E-state index in [1.165, 1.54) is 0 Å². The van der Waals surface area contributed by atoms with Gasteiger partial charge in [0.2, 0.25) is 0 Å². The first-order valence-corrected chi connectivity index (χ1v) is 13.5. The number of aromatic nitrogens is 4. The highest BCUT2D eigenvalue weighted by Gasteiger charge is 2.22. The highest BCUT2D eigenvalue weighted by atomic mass is 32.1. The number of methoxy groups -OCH3 is 1. The molecular formula is C32H26N4O2S. The van der Waals surface area contributed by atoms with E-state index in [9.17, 15) is 0 Å². The first kappa shape index (κ1) is 24.6. The Balaban J connectivity index is 1.52. The van der Waals surface area contributed by atoms with Gasteiger partial charge < -0.3 is 9.47 Å². The van der Waals surface area contributed by atoms with E-state index < -0.39 is 0 Å². The van der Waals surface area contributed by atoms with Gasteiger partial charge in [0.1, 0.15) is 11.5 Å². The molecule has 0 aliphatic rings. The molecule has 0 spiro atoms. The predicted octanol–water partition coefficient (Wildman–Crippen LogP) is 7.80. The molecule has 0 saturated carbocycles. The van der Waals surface area contributed by atoms with Crippen molar-refractivity contribution in [3.8, 4) is 61.1 Å². The number of hydrogen-bond acceptors (Lipinski definition) is 6. The second-order valence-electron chi connectivity index (χ2n) is 8.76. The second-order valence-corrected chi connectivity index (χ2v) is 9.75. The Labute approximate surface area is 231 Å². The van der Waals surface area contributed by atoms with E-state index in [2.05, 4.69) is 24.3 Å². The summed E-state index contributed by atoms with van der Waals surface area (Å²) in [5.41, 5.74) is 4.86. The van der Waals surface area contributed by atoms with E-state index in [0.717, 1.165) is 49.5 Å². The van der Waals surface area contributed by atoms with Gasteiger partial charge in [0.25, 0.3) is 0 Å². The lowest BCUT2D eigenvalue weighted by molar-refractivity contribution is 0.340. The molecule has 0 atom stereocenters. The third-order valence-corrected chi connectivity index (χ3v) is 7.35. The molecule has 0 N–H and O–H groups in total. The summed E-state index contributed by atoms with van der Waals surface area (Å²) in [7, 11) is 1.66. The van der Waals surface area contributed by atoms with Crippen molar-refractivity contribution >= 4 is 11.3 Å². The first-order valence-electron chi connectivity index (χ1n) is 12.7. The van der Waals surface area contributed by atoms with E-state index in [1.54, 1.807) is 18.4 Å². The lowest BCUT2D eigenvalue weighted by Gasteiger charge is -2.05. The number of hydrogen-bond donors (Lipinski definition) is 0. The SMILES string of the molecule is CCOc1ccc(-c2nc(-c3nc(-c4ccccc4)c(-c4ccccc4)s3)n(-c3ccc(OC)cc3)n2)cc1.